The van der Waals surface area contributed by atoms with Gasteiger partial charge >= 0.3 is 6.18 Å². The Bertz CT molecular complexity index is 567. The molecule has 0 bridgehead atoms. The third-order valence-corrected chi connectivity index (χ3v) is 3.21. The molecule has 2 N–H and O–H groups in total. The predicted molar refractivity (Wildman–Crippen MR) is 54.3 cm³/mol. The zero-order valence-corrected chi connectivity index (χ0v) is 9.75. The van der Waals surface area contributed by atoms with Crippen LogP contribution in [0.3, 0.4) is 0 Å². The van der Waals surface area contributed by atoms with Crippen LogP contribution in [0.1, 0.15) is 18.4 Å². The number of ether oxygens (including phenoxy) is 1. The number of nitrogens with zero attached hydrogens (tertiary/aromatic N) is 1. The summed E-state index contributed by atoms with van der Waals surface area (Å²) < 4.78 is 65.9. The average Bonchev–Trinajstić information content (AvgIpc) is 2.98. The van der Waals surface area contributed by atoms with Crippen molar-refractivity contribution in [2.45, 2.75) is 30.0 Å². The largest absolute Gasteiger partial charge is 0.488 e. The summed E-state index contributed by atoms with van der Waals surface area (Å²) >= 11 is 0. The Balaban J connectivity index is 2.59. The molecule has 0 saturated heterocycles. The van der Waals surface area contributed by atoms with Gasteiger partial charge in [0.1, 0.15) is 10.5 Å². The summed E-state index contributed by atoms with van der Waals surface area (Å²) in [5.74, 6) is -0.600. The second-order valence-corrected chi connectivity index (χ2v) is 5.40. The van der Waals surface area contributed by atoms with Gasteiger partial charge in [0, 0.05) is 6.20 Å². The third kappa shape index (κ3) is 2.72. The molecule has 5 nitrogen and oxygen atoms in total. The molecule has 0 spiro atoms. The Labute approximate surface area is 101 Å². The van der Waals surface area contributed by atoms with Crippen molar-refractivity contribution >= 4 is 10.0 Å². The molecule has 18 heavy (non-hydrogen) atoms. The zero-order valence-electron chi connectivity index (χ0n) is 8.94. The van der Waals surface area contributed by atoms with E-state index in [1.165, 1.54) is 0 Å². The van der Waals surface area contributed by atoms with Crippen LogP contribution < -0.4 is 9.88 Å². The molecule has 1 aliphatic carbocycles. The van der Waals surface area contributed by atoms with Crippen molar-refractivity contribution in [3.63, 3.8) is 0 Å². The second-order valence-electron chi connectivity index (χ2n) is 3.87. The number of hydrogen-bond acceptors (Lipinski definition) is 4. The molecule has 1 saturated carbocycles. The van der Waals surface area contributed by atoms with Crippen molar-refractivity contribution < 1.29 is 26.3 Å². The molecule has 1 aliphatic rings. The SMILES string of the molecule is NS(=O)(=O)c1cncc(OC2CC2)c1C(F)(F)F. The minimum Gasteiger partial charge on any atom is -0.488 e. The van der Waals surface area contributed by atoms with Gasteiger partial charge in [-0.1, -0.05) is 0 Å². The van der Waals surface area contributed by atoms with Crippen molar-refractivity contribution in [1.82, 2.24) is 4.98 Å². The number of sulfonamides is 1. The van der Waals surface area contributed by atoms with Crippen molar-refractivity contribution in [3.8, 4) is 5.75 Å². The standard InChI is InChI=1S/C9H9F3N2O3S/c10-9(11,12)8-6(17-5-1-2-5)3-14-4-7(8)18(13,15)16/h3-5H,1-2H2,(H2,13,15,16). The molecule has 1 aromatic rings. The molecule has 100 valence electrons. The lowest BCUT2D eigenvalue weighted by Gasteiger charge is -2.15. The highest BCUT2D eigenvalue weighted by molar-refractivity contribution is 7.89. The minimum atomic E-state index is -4.88. The first kappa shape index (κ1) is 13.1. The van der Waals surface area contributed by atoms with E-state index in [9.17, 15) is 21.6 Å². The van der Waals surface area contributed by atoms with E-state index in [0.29, 0.717) is 19.0 Å². The maximum absolute atomic E-state index is 12.9. The van der Waals surface area contributed by atoms with Gasteiger partial charge in [0.05, 0.1) is 12.3 Å². The van der Waals surface area contributed by atoms with E-state index in [2.05, 4.69) is 4.98 Å². The van der Waals surface area contributed by atoms with E-state index in [1.807, 2.05) is 0 Å². The molecule has 9 heteroatoms. The van der Waals surface area contributed by atoms with Gasteiger partial charge in [-0.15, -0.1) is 0 Å². The van der Waals surface area contributed by atoms with Gasteiger partial charge in [0.2, 0.25) is 10.0 Å². The van der Waals surface area contributed by atoms with E-state index in [4.69, 9.17) is 9.88 Å². The molecule has 1 fully saturated rings. The van der Waals surface area contributed by atoms with Crippen LogP contribution in [0, 0.1) is 0 Å². The number of halogens is 3. The van der Waals surface area contributed by atoms with Crippen LogP contribution >= 0.6 is 0 Å². The van der Waals surface area contributed by atoms with Gasteiger partial charge in [-0.3, -0.25) is 4.98 Å². The van der Waals surface area contributed by atoms with Crippen LogP contribution in [-0.4, -0.2) is 19.5 Å². The Morgan fingerprint density at radius 3 is 2.39 bits per heavy atom. The monoisotopic (exact) mass is 282 g/mol. The van der Waals surface area contributed by atoms with Gasteiger partial charge in [0.25, 0.3) is 0 Å². The van der Waals surface area contributed by atoms with Crippen molar-refractivity contribution in [2.75, 3.05) is 0 Å². The molecule has 0 unspecified atom stereocenters. The van der Waals surface area contributed by atoms with E-state index in [0.717, 1.165) is 6.20 Å². The van der Waals surface area contributed by atoms with Gasteiger partial charge in [-0.05, 0) is 12.8 Å². The van der Waals surface area contributed by atoms with Gasteiger partial charge in [0.15, 0.2) is 5.75 Å². The highest BCUT2D eigenvalue weighted by Gasteiger charge is 2.41. The lowest BCUT2D eigenvalue weighted by Crippen LogP contribution is -2.20. The van der Waals surface area contributed by atoms with Crippen LogP contribution in [0.25, 0.3) is 0 Å². The highest BCUT2D eigenvalue weighted by Crippen LogP contribution is 2.41. The lowest BCUT2D eigenvalue weighted by atomic mass is 10.2. The Morgan fingerprint density at radius 2 is 1.94 bits per heavy atom. The Kier molecular flexibility index (Phi) is 2.98. The first-order valence-electron chi connectivity index (χ1n) is 4.94. The number of aromatic nitrogens is 1. The molecular weight excluding hydrogens is 273 g/mol. The van der Waals surface area contributed by atoms with E-state index in [-0.39, 0.29) is 6.10 Å². The maximum Gasteiger partial charge on any atom is 0.421 e. The molecule has 0 aromatic carbocycles. The minimum absolute atomic E-state index is 0.316. The summed E-state index contributed by atoms with van der Waals surface area (Å²) in [7, 11) is -4.52. The molecule has 0 amide bonds. The van der Waals surface area contributed by atoms with E-state index in [1.54, 1.807) is 0 Å². The second kappa shape index (κ2) is 4.09. The number of hydrogen-bond donors (Lipinski definition) is 1. The molecule has 0 atom stereocenters. The summed E-state index contributed by atoms with van der Waals surface area (Å²) in [5, 5.41) is 4.75. The Morgan fingerprint density at radius 1 is 1.33 bits per heavy atom. The molecule has 0 radical (unpaired) electrons. The van der Waals surface area contributed by atoms with Crippen LogP contribution in [0.5, 0.6) is 5.75 Å². The summed E-state index contributed by atoms with van der Waals surface area (Å²) in [6, 6.07) is 0. The predicted octanol–water partition coefficient (Wildman–Crippen LogP) is 1.29. The molecule has 0 aliphatic heterocycles. The summed E-state index contributed by atoms with van der Waals surface area (Å²) in [5.41, 5.74) is -1.40. The van der Waals surface area contributed by atoms with Gasteiger partial charge in [-0.25, -0.2) is 13.6 Å². The van der Waals surface area contributed by atoms with Gasteiger partial charge < -0.3 is 4.74 Å². The number of primary sulfonamides is 1. The van der Waals surface area contributed by atoms with Crippen molar-refractivity contribution in [3.05, 3.63) is 18.0 Å². The summed E-state index contributed by atoms with van der Waals surface area (Å²) in [6.45, 7) is 0. The van der Waals surface area contributed by atoms with E-state index >= 15 is 0 Å². The molecule has 2 rings (SSSR count). The number of pyridine rings is 1. The Hall–Kier alpha value is -1.35. The fourth-order valence-corrected chi connectivity index (χ4v) is 2.08. The molecule has 1 aromatic heterocycles. The quantitative estimate of drug-likeness (QED) is 0.905. The smallest absolute Gasteiger partial charge is 0.421 e. The third-order valence-electron chi connectivity index (χ3n) is 2.28. The van der Waals surface area contributed by atoms with Crippen molar-refractivity contribution in [2.24, 2.45) is 5.14 Å². The average molecular weight is 282 g/mol. The summed E-state index contributed by atoms with van der Waals surface area (Å²) in [4.78, 5) is 2.35. The van der Waals surface area contributed by atoms with Crippen molar-refractivity contribution in [1.29, 1.82) is 0 Å². The lowest BCUT2D eigenvalue weighted by molar-refractivity contribution is -0.141. The van der Waals surface area contributed by atoms with Crippen LogP contribution in [0.4, 0.5) is 13.2 Å². The maximum atomic E-state index is 12.9. The fourth-order valence-electron chi connectivity index (χ4n) is 1.37. The normalized spacial score (nSPS) is 16.7. The fraction of sp³-hybridized carbons (Fsp3) is 0.444. The first-order chi connectivity index (χ1) is 8.19. The van der Waals surface area contributed by atoms with E-state index < -0.39 is 32.4 Å². The van der Waals surface area contributed by atoms with Gasteiger partial charge in [-0.2, -0.15) is 13.2 Å². The number of nitrogens with two attached hydrogens (primary N) is 1. The number of alkyl halides is 3. The topological polar surface area (TPSA) is 82.3 Å². The number of rotatable bonds is 3. The molecular formula is C9H9F3N2O3S. The highest BCUT2D eigenvalue weighted by atomic mass is 32.2. The molecule has 1 heterocycles. The van der Waals surface area contributed by atoms with Crippen LogP contribution in [0.2, 0.25) is 0 Å². The van der Waals surface area contributed by atoms with Crippen LogP contribution in [-0.2, 0) is 16.2 Å². The van der Waals surface area contributed by atoms with Crippen LogP contribution in [0.15, 0.2) is 17.3 Å². The first-order valence-corrected chi connectivity index (χ1v) is 6.49. The summed E-state index contributed by atoms with van der Waals surface area (Å²) in [6.07, 6.45) is -2.51. The zero-order chi connectivity index (χ0) is 13.6.